The van der Waals surface area contributed by atoms with Crippen molar-refractivity contribution in [1.29, 1.82) is 0 Å². The van der Waals surface area contributed by atoms with Crippen molar-refractivity contribution in [3.8, 4) is 0 Å². The van der Waals surface area contributed by atoms with E-state index < -0.39 is 39.4 Å². The molecule has 0 spiro atoms. The topological polar surface area (TPSA) is 84.0 Å². The van der Waals surface area contributed by atoms with Gasteiger partial charge in [-0.15, -0.1) is 0 Å². The van der Waals surface area contributed by atoms with E-state index in [0.29, 0.717) is 35.7 Å². The number of ether oxygens (including phenoxy) is 1. The smallest absolute Gasteiger partial charge is 0.309 e. The average molecular weight is 610 g/mol. The molecule has 4 rings (SSSR count). The maximum absolute atomic E-state index is 14.7. The van der Waals surface area contributed by atoms with E-state index in [1.54, 1.807) is 32.2 Å². The predicted molar refractivity (Wildman–Crippen MR) is 158 cm³/mol. The van der Waals surface area contributed by atoms with Crippen LogP contribution >= 0.6 is 23.2 Å². The van der Waals surface area contributed by atoms with Crippen molar-refractivity contribution >= 4 is 45.1 Å². The van der Waals surface area contributed by atoms with Crippen molar-refractivity contribution in [3.63, 3.8) is 0 Å². The van der Waals surface area contributed by atoms with Crippen LogP contribution in [0, 0.1) is 11.3 Å². The van der Waals surface area contributed by atoms with Crippen LogP contribution < -0.4 is 0 Å². The van der Waals surface area contributed by atoms with Crippen molar-refractivity contribution in [2.24, 2.45) is 11.3 Å². The summed E-state index contributed by atoms with van der Waals surface area (Å²) in [5, 5.41) is 0.784. The lowest BCUT2D eigenvalue weighted by Crippen LogP contribution is -2.60. The van der Waals surface area contributed by atoms with E-state index in [-0.39, 0.29) is 23.6 Å². The first-order valence-electron chi connectivity index (χ1n) is 13.7. The van der Waals surface area contributed by atoms with Gasteiger partial charge in [0.2, 0.25) is 15.9 Å². The number of rotatable bonds is 10. The van der Waals surface area contributed by atoms with Crippen LogP contribution in [0.3, 0.4) is 0 Å². The summed E-state index contributed by atoms with van der Waals surface area (Å²) in [7, 11) is -0.548. The molecule has 1 saturated carbocycles. The van der Waals surface area contributed by atoms with Gasteiger partial charge in [-0.25, -0.2) is 12.7 Å². The number of hydrogen-bond acceptors (Lipinski definition) is 5. The number of carbonyl (C=O) groups is 2. The maximum atomic E-state index is 14.7. The van der Waals surface area contributed by atoms with Crippen LogP contribution in [0.5, 0.6) is 0 Å². The maximum Gasteiger partial charge on any atom is 0.309 e. The number of amides is 1. The standard InChI is InChI=1S/C30H38Cl2N2O5S/c1-6-24(18-33(4)40(37,38)25-14-15-25)34-27(20-10-12-22(31)13-11-20)26(21-8-7-9-23(32)16-21)17-30(3,29(34)36)19(2)28(35)39-5/h7-13,16,19,24-27H,6,14-15,17-18H2,1-5H3/t19?,24-,26+,27+,30+/m0/s1. The number of methoxy groups -OCH3 is 1. The number of esters is 1. The van der Waals surface area contributed by atoms with E-state index in [9.17, 15) is 18.0 Å². The summed E-state index contributed by atoms with van der Waals surface area (Å²) in [6.07, 6.45) is 2.21. The molecule has 10 heteroatoms. The Labute approximate surface area is 247 Å². The quantitative estimate of drug-likeness (QED) is 0.306. The average Bonchev–Trinajstić information content (AvgIpc) is 3.79. The summed E-state index contributed by atoms with van der Waals surface area (Å²) in [4.78, 5) is 29.4. The van der Waals surface area contributed by atoms with Gasteiger partial charge < -0.3 is 9.64 Å². The molecule has 0 N–H and O–H groups in total. The van der Waals surface area contributed by atoms with Gasteiger partial charge in [0, 0.05) is 35.6 Å². The first kappa shape index (κ1) is 30.8. The summed E-state index contributed by atoms with van der Waals surface area (Å²) in [6, 6.07) is 14.1. The number of nitrogens with zero attached hydrogens (tertiary/aromatic N) is 2. The molecule has 5 atom stereocenters. The molecular weight excluding hydrogens is 571 g/mol. The molecule has 1 aliphatic carbocycles. The van der Waals surface area contributed by atoms with Crippen molar-refractivity contribution in [2.75, 3.05) is 20.7 Å². The zero-order valence-electron chi connectivity index (χ0n) is 23.6. The minimum absolute atomic E-state index is 0.149. The minimum atomic E-state index is -3.46. The summed E-state index contributed by atoms with van der Waals surface area (Å²) in [5.41, 5.74) is 0.702. The third-order valence-electron chi connectivity index (χ3n) is 8.76. The second-order valence-electron chi connectivity index (χ2n) is 11.3. The monoisotopic (exact) mass is 608 g/mol. The molecule has 2 aliphatic rings. The fraction of sp³-hybridized carbons (Fsp3) is 0.533. The normalized spacial score (nSPS) is 25.1. The first-order valence-corrected chi connectivity index (χ1v) is 16.0. The van der Waals surface area contributed by atoms with Crippen LogP contribution in [0.4, 0.5) is 0 Å². The lowest BCUT2D eigenvalue weighted by Gasteiger charge is -2.53. The van der Waals surface area contributed by atoms with E-state index in [4.69, 9.17) is 27.9 Å². The molecule has 2 fully saturated rings. The van der Waals surface area contributed by atoms with Gasteiger partial charge in [0.25, 0.3) is 0 Å². The van der Waals surface area contributed by atoms with E-state index in [1.807, 2.05) is 49.1 Å². The Morgan fingerprint density at radius 1 is 1.12 bits per heavy atom. The van der Waals surface area contributed by atoms with Crippen LogP contribution in [-0.4, -0.2) is 61.5 Å². The number of halogens is 2. The summed E-state index contributed by atoms with van der Waals surface area (Å²) >= 11 is 12.7. The molecule has 40 heavy (non-hydrogen) atoms. The highest BCUT2D eigenvalue weighted by Crippen LogP contribution is 2.53. The predicted octanol–water partition coefficient (Wildman–Crippen LogP) is 6.07. The molecule has 1 heterocycles. The second-order valence-corrected chi connectivity index (χ2v) is 14.5. The number of piperidine rings is 1. The van der Waals surface area contributed by atoms with Crippen LogP contribution in [0.15, 0.2) is 48.5 Å². The highest BCUT2D eigenvalue weighted by molar-refractivity contribution is 7.90. The molecule has 2 aromatic carbocycles. The van der Waals surface area contributed by atoms with Gasteiger partial charge in [-0.05, 0) is 68.0 Å². The number of carbonyl (C=O) groups excluding carboxylic acids is 2. The lowest BCUT2D eigenvalue weighted by atomic mass is 9.63. The minimum Gasteiger partial charge on any atom is -0.469 e. The second kappa shape index (κ2) is 12.0. The highest BCUT2D eigenvalue weighted by Gasteiger charge is 2.55. The Morgan fingerprint density at radius 2 is 1.77 bits per heavy atom. The van der Waals surface area contributed by atoms with Gasteiger partial charge in [-0.1, -0.05) is 61.3 Å². The van der Waals surface area contributed by atoms with Gasteiger partial charge in [0.15, 0.2) is 0 Å². The number of sulfonamides is 1. The number of likely N-dealkylation sites (N-methyl/N-ethyl adjacent to an activating group) is 1. The lowest BCUT2D eigenvalue weighted by molar-refractivity contribution is -0.168. The third kappa shape index (κ3) is 5.91. The summed E-state index contributed by atoms with van der Waals surface area (Å²) in [5.74, 6) is -1.64. The molecule has 218 valence electrons. The zero-order valence-corrected chi connectivity index (χ0v) is 26.0. The molecule has 0 radical (unpaired) electrons. The Bertz CT molecular complexity index is 1350. The Morgan fingerprint density at radius 3 is 2.33 bits per heavy atom. The molecule has 0 bridgehead atoms. The molecule has 2 aromatic rings. The Hall–Kier alpha value is -2.13. The van der Waals surface area contributed by atoms with Crippen molar-refractivity contribution in [1.82, 2.24) is 9.21 Å². The number of hydrogen-bond donors (Lipinski definition) is 0. The van der Waals surface area contributed by atoms with Gasteiger partial charge in [-0.3, -0.25) is 9.59 Å². The summed E-state index contributed by atoms with van der Waals surface area (Å²) < 4.78 is 32.7. The van der Waals surface area contributed by atoms with Crippen LogP contribution in [0.1, 0.15) is 69.5 Å². The van der Waals surface area contributed by atoms with Crippen molar-refractivity contribution in [2.45, 2.75) is 69.7 Å². The van der Waals surface area contributed by atoms with Gasteiger partial charge >= 0.3 is 5.97 Å². The third-order valence-corrected chi connectivity index (χ3v) is 11.6. The van der Waals surface area contributed by atoms with Crippen molar-refractivity contribution < 1.29 is 22.7 Å². The zero-order chi connectivity index (χ0) is 29.4. The first-order chi connectivity index (χ1) is 18.8. The van der Waals surface area contributed by atoms with Gasteiger partial charge in [0.1, 0.15) is 0 Å². The van der Waals surface area contributed by atoms with E-state index >= 15 is 0 Å². The van der Waals surface area contributed by atoms with E-state index in [2.05, 4.69) is 0 Å². The van der Waals surface area contributed by atoms with E-state index in [1.165, 1.54) is 11.4 Å². The molecule has 1 unspecified atom stereocenters. The molecule has 1 amide bonds. The Balaban J connectivity index is 1.89. The van der Waals surface area contributed by atoms with Gasteiger partial charge in [0.05, 0.1) is 29.7 Å². The van der Waals surface area contributed by atoms with Crippen LogP contribution in [-0.2, 0) is 24.3 Å². The molecule has 7 nitrogen and oxygen atoms in total. The number of benzene rings is 2. The van der Waals surface area contributed by atoms with Gasteiger partial charge in [-0.2, -0.15) is 0 Å². The summed E-state index contributed by atoms with van der Waals surface area (Å²) in [6.45, 7) is 5.65. The van der Waals surface area contributed by atoms with Crippen LogP contribution in [0.2, 0.25) is 10.0 Å². The number of likely N-dealkylation sites (tertiary alicyclic amines) is 1. The largest absolute Gasteiger partial charge is 0.469 e. The molecule has 0 aromatic heterocycles. The van der Waals surface area contributed by atoms with Crippen LogP contribution in [0.25, 0.3) is 0 Å². The molecule has 1 saturated heterocycles. The SMILES string of the molecule is CC[C@@H](CN(C)S(=O)(=O)C1CC1)N1C(=O)[C@@](C)(C(C)C(=O)OC)C[C@H](c2cccc(Cl)c2)[C@H]1c1ccc(Cl)cc1. The molecular formula is C30H38Cl2N2O5S. The fourth-order valence-corrected chi connectivity index (χ4v) is 7.93. The fourth-order valence-electron chi connectivity index (χ4n) is 5.99. The molecule has 1 aliphatic heterocycles. The highest BCUT2D eigenvalue weighted by atomic mass is 35.5. The van der Waals surface area contributed by atoms with E-state index in [0.717, 1.165) is 11.1 Å². The Kier molecular flexibility index (Phi) is 9.25. The van der Waals surface area contributed by atoms with Crippen molar-refractivity contribution in [3.05, 3.63) is 69.7 Å².